The Balaban J connectivity index is 1.56. The van der Waals surface area contributed by atoms with E-state index in [1.807, 2.05) is 30.3 Å². The van der Waals surface area contributed by atoms with E-state index in [4.69, 9.17) is 4.74 Å². The molecule has 3 heterocycles. The number of aromatic nitrogens is 2. The topological polar surface area (TPSA) is 118 Å². The minimum Gasteiger partial charge on any atom is -0.496 e. The van der Waals surface area contributed by atoms with Gasteiger partial charge in [-0.2, -0.15) is 5.26 Å². The van der Waals surface area contributed by atoms with Gasteiger partial charge in [0.15, 0.2) is 5.69 Å². The van der Waals surface area contributed by atoms with Gasteiger partial charge in [-0.3, -0.25) is 19.8 Å². The molecule has 0 radical (unpaired) electrons. The van der Waals surface area contributed by atoms with Gasteiger partial charge in [-0.05, 0) is 35.9 Å². The highest BCUT2D eigenvalue weighted by atomic mass is 19.1. The number of piperazine rings is 1. The highest BCUT2D eigenvalue weighted by molar-refractivity contribution is 5.94. The van der Waals surface area contributed by atoms with E-state index in [9.17, 15) is 24.6 Å². The Morgan fingerprint density at radius 1 is 1.08 bits per heavy atom. The largest absolute Gasteiger partial charge is 0.496 e. The first-order chi connectivity index (χ1) is 18.8. The highest BCUT2D eigenvalue weighted by Crippen LogP contribution is 2.38. The fourth-order valence-corrected chi connectivity index (χ4v) is 5.23. The number of halogens is 1. The first-order valence-electron chi connectivity index (χ1n) is 12.3. The SMILES string of the molecule is COc1ccccc1[C@H](c1ccc(F)cc1)N1CCN(c2c([N+](=O)[O-])c(=O)n(C)c3ccc(C#N)nc23)CC1. The molecule has 1 aliphatic rings. The van der Waals surface area contributed by atoms with E-state index in [0.29, 0.717) is 37.4 Å². The van der Waals surface area contributed by atoms with Gasteiger partial charge >= 0.3 is 11.2 Å². The van der Waals surface area contributed by atoms with Crippen molar-refractivity contribution in [2.24, 2.45) is 7.05 Å². The van der Waals surface area contributed by atoms with Gasteiger partial charge in [0.25, 0.3) is 0 Å². The van der Waals surface area contributed by atoms with Gasteiger partial charge in [0.2, 0.25) is 0 Å². The molecule has 0 unspecified atom stereocenters. The van der Waals surface area contributed by atoms with Crippen LogP contribution in [0.15, 0.2) is 65.5 Å². The molecule has 5 rings (SSSR count). The third kappa shape index (κ3) is 4.66. The summed E-state index contributed by atoms with van der Waals surface area (Å²) in [5, 5.41) is 21.5. The lowest BCUT2D eigenvalue weighted by Crippen LogP contribution is -2.48. The number of nitro groups is 1. The number of methoxy groups -OCH3 is 1. The number of anilines is 1. The Bertz CT molecular complexity index is 1660. The average molecular weight is 529 g/mol. The molecule has 0 amide bonds. The van der Waals surface area contributed by atoms with E-state index < -0.39 is 16.2 Å². The highest BCUT2D eigenvalue weighted by Gasteiger charge is 2.34. The molecule has 1 atom stereocenters. The van der Waals surface area contributed by atoms with Crippen LogP contribution in [0.2, 0.25) is 0 Å². The van der Waals surface area contributed by atoms with E-state index in [2.05, 4.69) is 9.88 Å². The summed E-state index contributed by atoms with van der Waals surface area (Å²) >= 11 is 0. The van der Waals surface area contributed by atoms with Gasteiger partial charge in [0.05, 0.1) is 23.6 Å². The number of hydrogen-bond acceptors (Lipinski definition) is 8. The number of ether oxygens (including phenoxy) is 1. The summed E-state index contributed by atoms with van der Waals surface area (Å²) in [6, 6.07) is 18.7. The lowest BCUT2D eigenvalue weighted by Gasteiger charge is -2.40. The van der Waals surface area contributed by atoms with E-state index in [1.165, 1.54) is 29.8 Å². The van der Waals surface area contributed by atoms with Crippen molar-refractivity contribution < 1.29 is 14.1 Å². The molecule has 0 bridgehead atoms. The van der Waals surface area contributed by atoms with Crippen molar-refractivity contribution in [3.05, 3.63) is 104 Å². The van der Waals surface area contributed by atoms with Crippen LogP contribution in [0.25, 0.3) is 11.0 Å². The summed E-state index contributed by atoms with van der Waals surface area (Å²) in [6.45, 7) is 1.67. The van der Waals surface area contributed by atoms with Crippen molar-refractivity contribution in [1.29, 1.82) is 5.26 Å². The van der Waals surface area contributed by atoms with Crippen LogP contribution in [-0.2, 0) is 7.05 Å². The molecule has 1 fully saturated rings. The van der Waals surface area contributed by atoms with Crippen LogP contribution in [-0.4, -0.2) is 52.7 Å². The Morgan fingerprint density at radius 2 is 1.77 bits per heavy atom. The van der Waals surface area contributed by atoms with Crippen LogP contribution >= 0.6 is 0 Å². The van der Waals surface area contributed by atoms with Crippen molar-refractivity contribution in [2.45, 2.75) is 6.04 Å². The van der Waals surface area contributed by atoms with Gasteiger partial charge in [-0.1, -0.05) is 30.3 Å². The van der Waals surface area contributed by atoms with Crippen molar-refractivity contribution in [3.8, 4) is 11.8 Å². The Kier molecular flexibility index (Phi) is 6.96. The second-order valence-corrected chi connectivity index (χ2v) is 9.21. The quantitative estimate of drug-likeness (QED) is 0.274. The zero-order valence-corrected chi connectivity index (χ0v) is 21.4. The number of para-hydroxylation sites is 1. The van der Waals surface area contributed by atoms with Gasteiger partial charge in [0, 0.05) is 38.8 Å². The minimum absolute atomic E-state index is 0.0999. The molecule has 198 valence electrons. The first-order valence-corrected chi connectivity index (χ1v) is 12.3. The van der Waals surface area contributed by atoms with Crippen LogP contribution < -0.4 is 15.2 Å². The molecule has 10 nitrogen and oxygen atoms in total. The monoisotopic (exact) mass is 528 g/mol. The molecule has 2 aromatic heterocycles. The van der Waals surface area contributed by atoms with Gasteiger partial charge in [0.1, 0.15) is 28.8 Å². The van der Waals surface area contributed by atoms with Crippen LogP contribution in [0.4, 0.5) is 15.8 Å². The number of benzene rings is 2. The van der Waals surface area contributed by atoms with Crippen molar-refractivity contribution in [3.63, 3.8) is 0 Å². The fraction of sp³-hybridized carbons (Fsp3) is 0.250. The predicted octanol–water partition coefficient (Wildman–Crippen LogP) is 3.77. The normalized spacial score (nSPS) is 14.7. The van der Waals surface area contributed by atoms with Crippen LogP contribution in [0.5, 0.6) is 5.75 Å². The van der Waals surface area contributed by atoms with E-state index >= 15 is 0 Å². The number of aryl methyl sites for hydroxylation is 1. The third-order valence-electron chi connectivity index (χ3n) is 7.10. The maximum atomic E-state index is 13.8. The van der Waals surface area contributed by atoms with Crippen LogP contribution in [0, 0.1) is 27.3 Å². The smallest absolute Gasteiger partial charge is 0.359 e. The second-order valence-electron chi connectivity index (χ2n) is 9.21. The third-order valence-corrected chi connectivity index (χ3v) is 7.10. The number of fused-ring (bicyclic) bond motifs is 1. The fourth-order valence-electron chi connectivity index (χ4n) is 5.23. The number of pyridine rings is 2. The molecule has 1 saturated heterocycles. The maximum Gasteiger partial charge on any atom is 0.359 e. The summed E-state index contributed by atoms with van der Waals surface area (Å²) in [5.74, 6) is 0.354. The molecular weight excluding hydrogens is 503 g/mol. The number of nitriles is 1. The molecule has 1 aliphatic heterocycles. The first kappa shape index (κ1) is 25.8. The molecule has 39 heavy (non-hydrogen) atoms. The number of hydrogen-bond donors (Lipinski definition) is 0. The Morgan fingerprint density at radius 3 is 2.41 bits per heavy atom. The maximum absolute atomic E-state index is 13.8. The molecular formula is C28H25FN6O4. The van der Waals surface area contributed by atoms with E-state index in [0.717, 1.165) is 11.1 Å². The standard InChI is InChI=1S/C28H25FN6O4/c1-32-22-12-11-20(17-30)31-24(22)26(27(28(32)36)35(37)38)34-15-13-33(14-16-34)25(18-7-9-19(29)10-8-18)21-5-3-4-6-23(21)39-2/h3-12,25H,13-16H2,1-2H3/t25-/m0/s1. The van der Waals surface area contributed by atoms with Crippen molar-refractivity contribution in [1.82, 2.24) is 14.5 Å². The molecule has 0 N–H and O–H groups in total. The summed E-state index contributed by atoms with van der Waals surface area (Å²) < 4.78 is 20.6. The molecule has 11 heteroatoms. The lowest BCUT2D eigenvalue weighted by atomic mass is 9.95. The average Bonchev–Trinajstić information content (AvgIpc) is 2.96. The summed E-state index contributed by atoms with van der Waals surface area (Å²) in [6.07, 6.45) is 0. The second kappa shape index (κ2) is 10.5. The molecule has 0 spiro atoms. The zero-order chi connectivity index (χ0) is 27.7. The van der Waals surface area contributed by atoms with Gasteiger partial charge < -0.3 is 14.2 Å². The van der Waals surface area contributed by atoms with Gasteiger partial charge in [-0.25, -0.2) is 9.37 Å². The van der Waals surface area contributed by atoms with Gasteiger partial charge in [-0.15, -0.1) is 0 Å². The molecule has 4 aromatic rings. The lowest BCUT2D eigenvalue weighted by molar-refractivity contribution is -0.385. The van der Waals surface area contributed by atoms with Crippen molar-refractivity contribution in [2.75, 3.05) is 38.2 Å². The van der Waals surface area contributed by atoms with E-state index in [-0.39, 0.29) is 28.8 Å². The van der Waals surface area contributed by atoms with E-state index in [1.54, 1.807) is 30.2 Å². The Hall–Kier alpha value is -4.82. The number of nitrogens with zero attached hydrogens (tertiary/aromatic N) is 6. The molecule has 0 aliphatic carbocycles. The molecule has 0 saturated carbocycles. The zero-order valence-electron chi connectivity index (χ0n) is 21.4. The summed E-state index contributed by atoms with van der Waals surface area (Å²) in [4.78, 5) is 32.8. The predicted molar refractivity (Wildman–Crippen MR) is 143 cm³/mol. The summed E-state index contributed by atoms with van der Waals surface area (Å²) in [7, 11) is 3.05. The number of rotatable bonds is 6. The Labute approximate surface area is 223 Å². The van der Waals surface area contributed by atoms with Crippen LogP contribution in [0.3, 0.4) is 0 Å². The van der Waals surface area contributed by atoms with Crippen molar-refractivity contribution >= 4 is 22.4 Å². The molecule has 2 aromatic carbocycles. The summed E-state index contributed by atoms with van der Waals surface area (Å²) in [5.41, 5.74) is 1.32. The minimum atomic E-state index is -0.741. The van der Waals surface area contributed by atoms with Crippen LogP contribution in [0.1, 0.15) is 22.9 Å².